The molecule has 0 aromatic heterocycles. The van der Waals surface area contributed by atoms with Gasteiger partial charge in [-0.2, -0.15) is 0 Å². The molecular formula is C26H37Cl2FN2O3. The lowest BCUT2D eigenvalue weighted by molar-refractivity contribution is -0.0244. The standard InChI is InChI=1S/C26H35FN2O3.2ClH/c1-3-4-19-32-24-11-9-23(10-12-24)28(2)16-13-26(31)14-17-29(18-15-26)20-25(30)21-5-7-22(27)8-6-21;;/h5-12,31H,3-4,13-20H2,1-2H3;2*1H. The number of unbranched alkanes of at least 4 members (excludes halogenated alkanes) is 1. The van der Waals surface area contributed by atoms with E-state index in [1.54, 1.807) is 0 Å². The van der Waals surface area contributed by atoms with Gasteiger partial charge in [0.05, 0.1) is 18.8 Å². The smallest absolute Gasteiger partial charge is 0.176 e. The van der Waals surface area contributed by atoms with Crippen LogP contribution in [0.4, 0.5) is 10.1 Å². The van der Waals surface area contributed by atoms with Gasteiger partial charge >= 0.3 is 0 Å². The van der Waals surface area contributed by atoms with E-state index in [0.717, 1.165) is 37.4 Å². The van der Waals surface area contributed by atoms with Crippen LogP contribution in [-0.4, -0.2) is 61.2 Å². The largest absolute Gasteiger partial charge is 0.494 e. The molecule has 190 valence electrons. The number of aliphatic hydroxyl groups is 1. The lowest BCUT2D eigenvalue weighted by Crippen LogP contribution is -2.47. The van der Waals surface area contributed by atoms with Crippen LogP contribution in [0, 0.1) is 5.82 Å². The van der Waals surface area contributed by atoms with E-state index in [4.69, 9.17) is 4.74 Å². The van der Waals surface area contributed by atoms with Crippen LogP contribution in [0.15, 0.2) is 48.5 Å². The van der Waals surface area contributed by atoms with Crippen molar-refractivity contribution in [2.24, 2.45) is 0 Å². The van der Waals surface area contributed by atoms with E-state index in [2.05, 4.69) is 28.9 Å². The summed E-state index contributed by atoms with van der Waals surface area (Å²) in [6.45, 7) is 5.29. The topological polar surface area (TPSA) is 53.0 Å². The molecule has 1 aliphatic rings. The van der Waals surface area contributed by atoms with Crippen LogP contribution in [0.25, 0.3) is 0 Å². The van der Waals surface area contributed by atoms with Crippen LogP contribution < -0.4 is 9.64 Å². The van der Waals surface area contributed by atoms with Crippen molar-refractivity contribution in [1.82, 2.24) is 4.90 Å². The van der Waals surface area contributed by atoms with E-state index in [0.29, 0.717) is 44.5 Å². The number of hydrogen-bond acceptors (Lipinski definition) is 5. The van der Waals surface area contributed by atoms with Gasteiger partial charge < -0.3 is 14.7 Å². The van der Waals surface area contributed by atoms with Gasteiger partial charge in [0.25, 0.3) is 0 Å². The fraction of sp³-hybridized carbons (Fsp3) is 0.500. The molecule has 1 saturated heterocycles. The summed E-state index contributed by atoms with van der Waals surface area (Å²) in [4.78, 5) is 16.6. The van der Waals surface area contributed by atoms with Crippen molar-refractivity contribution >= 4 is 36.3 Å². The summed E-state index contributed by atoms with van der Waals surface area (Å²) in [5.74, 6) is 0.528. The molecule has 0 saturated carbocycles. The maximum Gasteiger partial charge on any atom is 0.176 e. The lowest BCUT2D eigenvalue weighted by Gasteiger charge is -2.39. The molecule has 0 radical (unpaired) electrons. The summed E-state index contributed by atoms with van der Waals surface area (Å²) in [5, 5.41) is 11.0. The van der Waals surface area contributed by atoms with Crippen LogP contribution in [0.2, 0.25) is 0 Å². The molecule has 0 unspecified atom stereocenters. The average Bonchev–Trinajstić information content (AvgIpc) is 2.80. The van der Waals surface area contributed by atoms with Crippen LogP contribution in [0.5, 0.6) is 5.75 Å². The van der Waals surface area contributed by atoms with Crippen LogP contribution in [0.3, 0.4) is 0 Å². The zero-order valence-electron chi connectivity index (χ0n) is 20.0. The number of nitrogens with zero attached hydrogens (tertiary/aromatic N) is 2. The molecule has 2 aromatic carbocycles. The highest BCUT2D eigenvalue weighted by Gasteiger charge is 2.32. The summed E-state index contributed by atoms with van der Waals surface area (Å²) < 4.78 is 18.8. The fourth-order valence-electron chi connectivity index (χ4n) is 3.94. The molecule has 0 aliphatic carbocycles. The normalized spacial score (nSPS) is 15.1. The monoisotopic (exact) mass is 514 g/mol. The van der Waals surface area contributed by atoms with E-state index < -0.39 is 5.60 Å². The van der Waals surface area contributed by atoms with Crippen LogP contribution >= 0.6 is 24.8 Å². The summed E-state index contributed by atoms with van der Waals surface area (Å²) in [7, 11) is 2.03. The second-order valence-electron chi connectivity index (χ2n) is 8.80. The van der Waals surface area contributed by atoms with Gasteiger partial charge in [0.1, 0.15) is 11.6 Å². The Kier molecular flexibility index (Phi) is 12.9. The maximum atomic E-state index is 13.0. The average molecular weight is 515 g/mol. The summed E-state index contributed by atoms with van der Waals surface area (Å²) in [5.41, 5.74) is 0.904. The van der Waals surface area contributed by atoms with Gasteiger partial charge in [-0.15, -0.1) is 24.8 Å². The summed E-state index contributed by atoms with van der Waals surface area (Å²) >= 11 is 0. The first-order valence-electron chi connectivity index (χ1n) is 11.6. The number of piperidine rings is 1. The Morgan fingerprint density at radius 3 is 2.29 bits per heavy atom. The number of likely N-dealkylation sites (tertiary alicyclic amines) is 1. The molecule has 3 rings (SSSR count). The minimum absolute atomic E-state index is 0. The minimum Gasteiger partial charge on any atom is -0.494 e. The number of carbonyl (C=O) groups excluding carboxylic acids is 1. The van der Waals surface area contributed by atoms with Crippen LogP contribution in [-0.2, 0) is 0 Å². The van der Waals surface area contributed by atoms with Gasteiger partial charge in [0, 0.05) is 37.9 Å². The molecule has 0 bridgehead atoms. The zero-order chi connectivity index (χ0) is 23.0. The molecule has 1 N–H and O–H groups in total. The second kappa shape index (κ2) is 14.5. The highest BCUT2D eigenvalue weighted by Crippen LogP contribution is 2.27. The third-order valence-corrected chi connectivity index (χ3v) is 6.28. The molecule has 8 heteroatoms. The van der Waals surface area contributed by atoms with Gasteiger partial charge in [-0.05, 0) is 74.2 Å². The Bertz CT molecular complexity index is 857. The first-order valence-corrected chi connectivity index (χ1v) is 11.6. The Hall–Kier alpha value is -1.86. The van der Waals surface area contributed by atoms with Crippen molar-refractivity contribution in [2.45, 2.75) is 44.6 Å². The number of anilines is 1. The summed E-state index contributed by atoms with van der Waals surface area (Å²) in [6.07, 6.45) is 4.13. The van der Waals surface area contributed by atoms with E-state index in [1.165, 1.54) is 24.3 Å². The number of hydrogen-bond donors (Lipinski definition) is 1. The predicted molar refractivity (Wildman–Crippen MR) is 141 cm³/mol. The molecule has 2 aromatic rings. The van der Waals surface area contributed by atoms with Crippen molar-refractivity contribution in [3.05, 3.63) is 59.9 Å². The Labute approximate surface area is 215 Å². The molecule has 1 heterocycles. The summed E-state index contributed by atoms with van der Waals surface area (Å²) in [6, 6.07) is 13.8. The molecule has 0 atom stereocenters. The Morgan fingerprint density at radius 2 is 1.71 bits per heavy atom. The second-order valence-corrected chi connectivity index (χ2v) is 8.80. The van der Waals surface area contributed by atoms with Gasteiger partial charge in [-0.25, -0.2) is 4.39 Å². The van der Waals surface area contributed by atoms with Gasteiger partial charge in [0.15, 0.2) is 5.78 Å². The van der Waals surface area contributed by atoms with Crippen molar-refractivity contribution in [3.63, 3.8) is 0 Å². The number of ketones is 1. The molecule has 0 amide bonds. The van der Waals surface area contributed by atoms with E-state index in [1.807, 2.05) is 19.2 Å². The Balaban J connectivity index is 0.00000289. The number of benzene rings is 2. The molecule has 5 nitrogen and oxygen atoms in total. The van der Waals surface area contributed by atoms with E-state index in [9.17, 15) is 14.3 Å². The first kappa shape index (κ1) is 30.2. The molecule has 0 spiro atoms. The molecule has 1 fully saturated rings. The first-order chi connectivity index (χ1) is 15.4. The Morgan fingerprint density at radius 1 is 1.09 bits per heavy atom. The van der Waals surface area contributed by atoms with E-state index in [-0.39, 0.29) is 36.4 Å². The third kappa shape index (κ3) is 9.06. The predicted octanol–water partition coefficient (Wildman–Crippen LogP) is 5.38. The fourth-order valence-corrected chi connectivity index (χ4v) is 3.94. The van der Waals surface area contributed by atoms with Crippen molar-refractivity contribution < 1.29 is 19.0 Å². The minimum atomic E-state index is -0.715. The van der Waals surface area contributed by atoms with Crippen molar-refractivity contribution in [1.29, 1.82) is 0 Å². The molecule has 1 aliphatic heterocycles. The van der Waals surface area contributed by atoms with Crippen molar-refractivity contribution in [3.8, 4) is 5.75 Å². The van der Waals surface area contributed by atoms with Gasteiger partial charge in [0.2, 0.25) is 0 Å². The quantitative estimate of drug-likeness (QED) is 0.322. The van der Waals surface area contributed by atoms with E-state index >= 15 is 0 Å². The molecule has 34 heavy (non-hydrogen) atoms. The number of carbonyl (C=O) groups is 1. The highest BCUT2D eigenvalue weighted by molar-refractivity contribution is 5.97. The number of rotatable bonds is 11. The molecular weight excluding hydrogens is 478 g/mol. The van der Waals surface area contributed by atoms with Gasteiger partial charge in [-0.1, -0.05) is 13.3 Å². The van der Waals surface area contributed by atoms with Gasteiger partial charge in [-0.3, -0.25) is 9.69 Å². The van der Waals surface area contributed by atoms with Crippen LogP contribution in [0.1, 0.15) is 49.4 Å². The lowest BCUT2D eigenvalue weighted by atomic mass is 9.88. The zero-order valence-corrected chi connectivity index (χ0v) is 21.7. The number of Topliss-reactive ketones (excluding diaryl/α,β-unsaturated/α-hetero) is 1. The number of ether oxygens (including phenoxy) is 1. The maximum absolute atomic E-state index is 13.0. The highest BCUT2D eigenvalue weighted by atomic mass is 35.5. The van der Waals surface area contributed by atoms with Crippen molar-refractivity contribution in [2.75, 3.05) is 44.7 Å². The number of halogens is 3. The third-order valence-electron chi connectivity index (χ3n) is 6.28. The SMILES string of the molecule is CCCCOc1ccc(N(C)CCC2(O)CCN(CC(=O)c3ccc(F)cc3)CC2)cc1.Cl.Cl.